The van der Waals surface area contributed by atoms with Gasteiger partial charge in [0.05, 0.1) is 11.6 Å². The zero-order valence-corrected chi connectivity index (χ0v) is 13.5. The number of nitrogens with zero attached hydrogens (tertiary/aromatic N) is 1. The number of aromatic nitrogens is 1. The van der Waals surface area contributed by atoms with Gasteiger partial charge in [-0.05, 0) is 42.3 Å². The predicted octanol–water partition coefficient (Wildman–Crippen LogP) is 2.85. The number of amides is 3. The fourth-order valence-electron chi connectivity index (χ4n) is 2.25. The summed E-state index contributed by atoms with van der Waals surface area (Å²) in [7, 11) is 1.41. The SMILES string of the molecule is CC[C@@H](NC(=O)Nc1ccc(F)c(C(=O)NC)c1)c1ccncc1. The third-order valence-electron chi connectivity index (χ3n) is 3.52. The maximum atomic E-state index is 13.6. The summed E-state index contributed by atoms with van der Waals surface area (Å²) in [5.41, 5.74) is 1.14. The van der Waals surface area contributed by atoms with E-state index in [-0.39, 0.29) is 11.6 Å². The Morgan fingerprint density at radius 1 is 1.21 bits per heavy atom. The van der Waals surface area contributed by atoms with E-state index in [1.165, 1.54) is 19.2 Å². The number of halogens is 1. The van der Waals surface area contributed by atoms with Gasteiger partial charge in [0, 0.05) is 25.1 Å². The fraction of sp³-hybridized carbons (Fsp3) is 0.235. The Morgan fingerprint density at radius 3 is 2.54 bits per heavy atom. The summed E-state index contributed by atoms with van der Waals surface area (Å²) in [5, 5.41) is 7.80. The minimum atomic E-state index is -0.650. The molecule has 0 saturated carbocycles. The van der Waals surface area contributed by atoms with E-state index in [1.54, 1.807) is 12.4 Å². The lowest BCUT2D eigenvalue weighted by molar-refractivity contribution is 0.0959. The smallest absolute Gasteiger partial charge is 0.319 e. The monoisotopic (exact) mass is 330 g/mol. The van der Waals surface area contributed by atoms with Crippen LogP contribution in [0.4, 0.5) is 14.9 Å². The number of hydrogen-bond acceptors (Lipinski definition) is 3. The molecule has 0 bridgehead atoms. The molecule has 1 aromatic heterocycles. The quantitative estimate of drug-likeness (QED) is 0.788. The molecule has 3 amide bonds. The van der Waals surface area contributed by atoms with Gasteiger partial charge in [0.1, 0.15) is 5.82 Å². The van der Waals surface area contributed by atoms with E-state index in [9.17, 15) is 14.0 Å². The Morgan fingerprint density at radius 2 is 1.92 bits per heavy atom. The molecule has 0 spiro atoms. The molecule has 3 N–H and O–H groups in total. The summed E-state index contributed by atoms with van der Waals surface area (Å²) < 4.78 is 13.6. The minimum Gasteiger partial charge on any atom is -0.355 e. The molecule has 0 unspecified atom stereocenters. The predicted molar refractivity (Wildman–Crippen MR) is 89.2 cm³/mol. The number of carbonyl (C=O) groups is 2. The van der Waals surface area contributed by atoms with E-state index >= 15 is 0 Å². The highest BCUT2D eigenvalue weighted by Gasteiger charge is 2.15. The van der Waals surface area contributed by atoms with Crippen LogP contribution in [-0.2, 0) is 0 Å². The van der Waals surface area contributed by atoms with Gasteiger partial charge in [-0.2, -0.15) is 0 Å². The van der Waals surface area contributed by atoms with Crippen LogP contribution in [0.15, 0.2) is 42.7 Å². The number of rotatable bonds is 5. The van der Waals surface area contributed by atoms with Crippen LogP contribution in [-0.4, -0.2) is 24.0 Å². The van der Waals surface area contributed by atoms with Gasteiger partial charge in [-0.25, -0.2) is 9.18 Å². The van der Waals surface area contributed by atoms with Crippen molar-refractivity contribution < 1.29 is 14.0 Å². The van der Waals surface area contributed by atoms with Crippen LogP contribution in [0, 0.1) is 5.82 Å². The van der Waals surface area contributed by atoms with Crippen molar-refractivity contribution in [3.8, 4) is 0 Å². The maximum Gasteiger partial charge on any atom is 0.319 e. The van der Waals surface area contributed by atoms with Gasteiger partial charge in [-0.1, -0.05) is 6.92 Å². The topological polar surface area (TPSA) is 83.1 Å². The van der Waals surface area contributed by atoms with E-state index in [2.05, 4.69) is 20.9 Å². The molecule has 7 heteroatoms. The Labute approximate surface area is 139 Å². The molecule has 1 atom stereocenters. The summed E-state index contributed by atoms with van der Waals surface area (Å²) in [5.74, 6) is -1.21. The number of pyridine rings is 1. The highest BCUT2D eigenvalue weighted by Crippen LogP contribution is 2.17. The number of carbonyl (C=O) groups excluding carboxylic acids is 2. The van der Waals surface area contributed by atoms with E-state index in [0.717, 1.165) is 11.6 Å². The first-order chi connectivity index (χ1) is 11.5. The van der Waals surface area contributed by atoms with Crippen molar-refractivity contribution in [3.63, 3.8) is 0 Å². The van der Waals surface area contributed by atoms with Gasteiger partial charge in [-0.3, -0.25) is 9.78 Å². The largest absolute Gasteiger partial charge is 0.355 e. The van der Waals surface area contributed by atoms with Crippen LogP contribution in [0.2, 0.25) is 0 Å². The summed E-state index contributed by atoms with van der Waals surface area (Å²) in [6, 6.07) is 6.88. The van der Waals surface area contributed by atoms with Crippen molar-refractivity contribution in [2.24, 2.45) is 0 Å². The molecular weight excluding hydrogens is 311 g/mol. The fourth-order valence-corrected chi connectivity index (χ4v) is 2.25. The third kappa shape index (κ3) is 4.28. The van der Waals surface area contributed by atoms with E-state index in [4.69, 9.17) is 0 Å². The molecule has 2 aromatic rings. The lowest BCUT2D eigenvalue weighted by Crippen LogP contribution is -2.32. The highest BCUT2D eigenvalue weighted by molar-refractivity contribution is 5.97. The van der Waals surface area contributed by atoms with Gasteiger partial charge in [0.25, 0.3) is 5.91 Å². The molecule has 1 aromatic carbocycles. The second kappa shape index (κ2) is 8.05. The first-order valence-electron chi connectivity index (χ1n) is 7.54. The van der Waals surface area contributed by atoms with Gasteiger partial charge < -0.3 is 16.0 Å². The Bertz CT molecular complexity index is 722. The zero-order chi connectivity index (χ0) is 17.5. The molecule has 24 heavy (non-hydrogen) atoms. The first kappa shape index (κ1) is 17.4. The van der Waals surface area contributed by atoms with Crippen molar-refractivity contribution >= 4 is 17.6 Å². The number of hydrogen-bond donors (Lipinski definition) is 3. The summed E-state index contributed by atoms with van der Waals surface area (Å²) >= 11 is 0. The van der Waals surface area contributed by atoms with Gasteiger partial charge in [0.15, 0.2) is 0 Å². The van der Waals surface area contributed by atoms with Crippen LogP contribution < -0.4 is 16.0 Å². The van der Waals surface area contributed by atoms with E-state index in [0.29, 0.717) is 12.1 Å². The van der Waals surface area contributed by atoms with Gasteiger partial charge in [-0.15, -0.1) is 0 Å². The van der Waals surface area contributed by atoms with Crippen LogP contribution in [0.3, 0.4) is 0 Å². The molecule has 0 aliphatic heterocycles. The minimum absolute atomic E-state index is 0.128. The molecule has 0 aliphatic rings. The van der Waals surface area contributed by atoms with Gasteiger partial charge >= 0.3 is 6.03 Å². The van der Waals surface area contributed by atoms with Crippen molar-refractivity contribution in [1.82, 2.24) is 15.6 Å². The maximum absolute atomic E-state index is 13.6. The van der Waals surface area contributed by atoms with Crippen molar-refractivity contribution in [1.29, 1.82) is 0 Å². The molecule has 6 nitrogen and oxygen atoms in total. The third-order valence-corrected chi connectivity index (χ3v) is 3.52. The van der Waals surface area contributed by atoms with Gasteiger partial charge in [0.2, 0.25) is 0 Å². The van der Waals surface area contributed by atoms with Crippen LogP contribution >= 0.6 is 0 Å². The van der Waals surface area contributed by atoms with Crippen LogP contribution in [0.5, 0.6) is 0 Å². The molecule has 1 heterocycles. The van der Waals surface area contributed by atoms with E-state index in [1.807, 2.05) is 19.1 Å². The Balaban J connectivity index is 2.08. The Kier molecular flexibility index (Phi) is 5.83. The first-order valence-corrected chi connectivity index (χ1v) is 7.54. The molecule has 0 radical (unpaired) electrons. The second-order valence-corrected chi connectivity index (χ2v) is 5.11. The number of anilines is 1. The lowest BCUT2D eigenvalue weighted by atomic mass is 10.1. The average Bonchev–Trinajstić information content (AvgIpc) is 2.61. The zero-order valence-electron chi connectivity index (χ0n) is 13.5. The molecule has 2 rings (SSSR count). The molecule has 0 aliphatic carbocycles. The van der Waals surface area contributed by atoms with Crippen molar-refractivity contribution in [2.45, 2.75) is 19.4 Å². The number of urea groups is 1. The second-order valence-electron chi connectivity index (χ2n) is 5.11. The molecule has 0 fully saturated rings. The number of nitrogens with one attached hydrogen (secondary N) is 3. The van der Waals surface area contributed by atoms with Crippen molar-refractivity contribution in [2.75, 3.05) is 12.4 Å². The lowest BCUT2D eigenvalue weighted by Gasteiger charge is -2.18. The van der Waals surface area contributed by atoms with Crippen LogP contribution in [0.1, 0.15) is 35.3 Å². The molecule has 126 valence electrons. The van der Waals surface area contributed by atoms with E-state index < -0.39 is 17.8 Å². The molecular formula is C17H19FN4O2. The highest BCUT2D eigenvalue weighted by atomic mass is 19.1. The summed E-state index contributed by atoms with van der Waals surface area (Å²) in [4.78, 5) is 27.7. The number of benzene rings is 1. The Hall–Kier alpha value is -2.96. The van der Waals surface area contributed by atoms with Crippen LogP contribution in [0.25, 0.3) is 0 Å². The molecule has 0 saturated heterocycles. The standard InChI is InChI=1S/C17H19FN4O2/c1-3-15(11-6-8-20-9-7-11)22-17(24)21-12-4-5-14(18)13(10-12)16(23)19-2/h4-10,15H,3H2,1-2H3,(H,19,23)(H2,21,22,24)/t15-/m1/s1. The van der Waals surface area contributed by atoms with Crippen molar-refractivity contribution in [3.05, 3.63) is 59.7 Å². The summed E-state index contributed by atoms with van der Waals surface area (Å²) in [6.45, 7) is 1.95. The summed E-state index contributed by atoms with van der Waals surface area (Å²) in [6.07, 6.45) is 4.02. The average molecular weight is 330 g/mol. The normalized spacial score (nSPS) is 11.5.